The molecule has 1 aromatic carbocycles. The zero-order valence-electron chi connectivity index (χ0n) is 15.3. The molecule has 0 aliphatic heterocycles. The van der Waals surface area contributed by atoms with Crippen molar-refractivity contribution in [1.29, 1.82) is 0 Å². The Hall–Kier alpha value is -3.09. The normalized spacial score (nSPS) is 10.8. The number of hydrogen-bond acceptors (Lipinski definition) is 5. The molecule has 0 saturated heterocycles. The number of methoxy groups -OCH3 is 1. The second-order valence-corrected chi connectivity index (χ2v) is 6.60. The van der Waals surface area contributed by atoms with E-state index in [9.17, 15) is 9.59 Å². The molecule has 1 aromatic heterocycles. The lowest BCUT2D eigenvalue weighted by Gasteiger charge is -2.19. The van der Waals surface area contributed by atoms with E-state index in [2.05, 4.69) is 15.6 Å². The molecule has 0 radical (unpaired) electrons. The Kier molecular flexibility index (Phi) is 6.16. The average Bonchev–Trinajstić information content (AvgIpc) is 2.59. The maximum Gasteiger partial charge on any atom is 0.407 e. The minimum atomic E-state index is -0.549. The fourth-order valence-electron chi connectivity index (χ4n) is 2.09. The van der Waals surface area contributed by atoms with E-state index in [-0.39, 0.29) is 5.91 Å². The fraction of sp³-hybridized carbons (Fsp3) is 0.316. The summed E-state index contributed by atoms with van der Waals surface area (Å²) in [6.45, 7) is 5.70. The molecule has 0 aliphatic rings. The number of nitrogens with one attached hydrogen (secondary N) is 2. The Bertz CT molecular complexity index is 767. The zero-order valence-corrected chi connectivity index (χ0v) is 15.3. The highest BCUT2D eigenvalue weighted by Crippen LogP contribution is 2.14. The number of anilines is 1. The molecule has 0 unspecified atom stereocenters. The standard InChI is InChI=1S/C19H23N3O4/c1-19(2,3)26-18(24)21-11-13-6-5-7-15(10-13)22-17(23)14-8-9-16(25-4)20-12-14/h5-10,12H,11H2,1-4H3,(H,21,24)(H,22,23). The molecular weight excluding hydrogens is 334 g/mol. The van der Waals surface area contributed by atoms with Crippen LogP contribution in [0, 0.1) is 0 Å². The number of carbonyl (C=O) groups excluding carboxylic acids is 2. The van der Waals surface area contributed by atoms with Crippen LogP contribution in [0.4, 0.5) is 10.5 Å². The van der Waals surface area contributed by atoms with Crippen molar-refractivity contribution in [3.05, 3.63) is 53.7 Å². The Morgan fingerprint density at radius 3 is 2.54 bits per heavy atom. The van der Waals surface area contributed by atoms with Crippen LogP contribution < -0.4 is 15.4 Å². The number of pyridine rings is 1. The van der Waals surface area contributed by atoms with Gasteiger partial charge >= 0.3 is 6.09 Å². The highest BCUT2D eigenvalue weighted by Gasteiger charge is 2.15. The topological polar surface area (TPSA) is 89.6 Å². The smallest absolute Gasteiger partial charge is 0.407 e. The van der Waals surface area contributed by atoms with E-state index in [0.29, 0.717) is 23.7 Å². The maximum absolute atomic E-state index is 12.3. The molecule has 7 heteroatoms. The molecular formula is C19H23N3O4. The third kappa shape index (κ3) is 6.08. The van der Waals surface area contributed by atoms with Gasteiger partial charge in [0.05, 0.1) is 12.7 Å². The minimum Gasteiger partial charge on any atom is -0.481 e. The monoisotopic (exact) mass is 357 g/mol. The summed E-state index contributed by atoms with van der Waals surface area (Å²) in [5, 5.41) is 5.48. The van der Waals surface area contributed by atoms with E-state index in [1.165, 1.54) is 13.3 Å². The number of hydrogen-bond donors (Lipinski definition) is 2. The molecule has 1 heterocycles. The third-order valence-corrected chi connectivity index (χ3v) is 3.23. The molecule has 0 atom stereocenters. The minimum absolute atomic E-state index is 0.280. The molecule has 2 N–H and O–H groups in total. The largest absolute Gasteiger partial charge is 0.481 e. The van der Waals surface area contributed by atoms with Crippen molar-refractivity contribution < 1.29 is 19.1 Å². The highest BCUT2D eigenvalue weighted by atomic mass is 16.6. The maximum atomic E-state index is 12.3. The van der Waals surface area contributed by atoms with Gasteiger partial charge in [0.1, 0.15) is 5.60 Å². The van der Waals surface area contributed by atoms with E-state index in [1.54, 1.807) is 51.1 Å². The number of rotatable bonds is 5. The van der Waals surface area contributed by atoms with Crippen molar-refractivity contribution in [3.8, 4) is 5.88 Å². The van der Waals surface area contributed by atoms with Crippen LogP contribution >= 0.6 is 0 Å². The van der Waals surface area contributed by atoms with Gasteiger partial charge in [0.25, 0.3) is 5.91 Å². The number of amides is 2. The number of ether oxygens (including phenoxy) is 2. The molecule has 2 aromatic rings. The predicted octanol–water partition coefficient (Wildman–Crippen LogP) is 3.37. The summed E-state index contributed by atoms with van der Waals surface area (Å²) >= 11 is 0. The van der Waals surface area contributed by atoms with Crippen LogP contribution in [0.1, 0.15) is 36.7 Å². The Balaban J connectivity index is 1.95. The van der Waals surface area contributed by atoms with Crippen LogP contribution in [0.3, 0.4) is 0 Å². The van der Waals surface area contributed by atoms with Gasteiger partial charge in [-0.25, -0.2) is 9.78 Å². The van der Waals surface area contributed by atoms with Crippen molar-refractivity contribution >= 4 is 17.7 Å². The van der Waals surface area contributed by atoms with Crippen LogP contribution in [0.15, 0.2) is 42.6 Å². The summed E-state index contributed by atoms with van der Waals surface area (Å²) < 4.78 is 10.2. The van der Waals surface area contributed by atoms with Gasteiger partial charge in [-0.05, 0) is 44.5 Å². The van der Waals surface area contributed by atoms with Gasteiger partial charge in [-0.1, -0.05) is 12.1 Å². The number of nitrogens with zero attached hydrogens (tertiary/aromatic N) is 1. The lowest BCUT2D eigenvalue weighted by atomic mass is 10.2. The van der Waals surface area contributed by atoms with Crippen LogP contribution in [-0.4, -0.2) is 29.7 Å². The van der Waals surface area contributed by atoms with Gasteiger partial charge < -0.3 is 20.1 Å². The Morgan fingerprint density at radius 1 is 1.15 bits per heavy atom. The lowest BCUT2D eigenvalue weighted by Crippen LogP contribution is -2.32. The first-order valence-electron chi connectivity index (χ1n) is 8.14. The first kappa shape index (κ1) is 19.2. The van der Waals surface area contributed by atoms with E-state index in [0.717, 1.165) is 5.56 Å². The predicted molar refractivity (Wildman–Crippen MR) is 98.3 cm³/mol. The highest BCUT2D eigenvalue weighted by molar-refractivity contribution is 6.04. The lowest BCUT2D eigenvalue weighted by molar-refractivity contribution is 0.0523. The fourth-order valence-corrected chi connectivity index (χ4v) is 2.09. The molecule has 0 spiro atoms. The molecule has 0 bridgehead atoms. The number of alkyl carbamates (subject to hydrolysis) is 1. The second-order valence-electron chi connectivity index (χ2n) is 6.60. The van der Waals surface area contributed by atoms with E-state index in [4.69, 9.17) is 9.47 Å². The number of benzene rings is 1. The summed E-state index contributed by atoms with van der Waals surface area (Å²) in [6.07, 6.45) is 0.957. The Labute approximate surface area is 152 Å². The van der Waals surface area contributed by atoms with Crippen LogP contribution in [0.5, 0.6) is 5.88 Å². The summed E-state index contributed by atoms with van der Waals surface area (Å²) in [7, 11) is 1.51. The molecule has 138 valence electrons. The summed E-state index contributed by atoms with van der Waals surface area (Å²) in [6, 6.07) is 10.5. The molecule has 7 nitrogen and oxygen atoms in total. The molecule has 0 aliphatic carbocycles. The molecule has 0 fully saturated rings. The molecule has 26 heavy (non-hydrogen) atoms. The SMILES string of the molecule is COc1ccc(C(=O)Nc2cccc(CNC(=O)OC(C)(C)C)c2)cn1. The third-order valence-electron chi connectivity index (χ3n) is 3.23. The van der Waals surface area contributed by atoms with Gasteiger partial charge in [-0.3, -0.25) is 4.79 Å². The van der Waals surface area contributed by atoms with Gasteiger partial charge in [-0.2, -0.15) is 0 Å². The van der Waals surface area contributed by atoms with Gasteiger partial charge in [0.15, 0.2) is 0 Å². The zero-order chi connectivity index (χ0) is 19.2. The van der Waals surface area contributed by atoms with Crippen molar-refractivity contribution in [2.24, 2.45) is 0 Å². The van der Waals surface area contributed by atoms with Crippen LogP contribution in [0.25, 0.3) is 0 Å². The van der Waals surface area contributed by atoms with Gasteiger partial charge in [0.2, 0.25) is 5.88 Å². The summed E-state index contributed by atoms with van der Waals surface area (Å²) in [4.78, 5) is 28.0. The van der Waals surface area contributed by atoms with Crippen molar-refractivity contribution in [2.75, 3.05) is 12.4 Å². The number of aromatic nitrogens is 1. The van der Waals surface area contributed by atoms with Crippen LogP contribution in [0.2, 0.25) is 0 Å². The second kappa shape index (κ2) is 8.33. The molecule has 2 amide bonds. The van der Waals surface area contributed by atoms with Crippen molar-refractivity contribution in [1.82, 2.24) is 10.3 Å². The summed E-state index contributed by atoms with van der Waals surface area (Å²) in [5.41, 5.74) is 1.32. The average molecular weight is 357 g/mol. The van der Waals surface area contributed by atoms with E-state index < -0.39 is 11.7 Å². The first-order chi connectivity index (χ1) is 12.3. The summed E-state index contributed by atoms with van der Waals surface area (Å²) in [5.74, 6) is 0.161. The Morgan fingerprint density at radius 2 is 1.92 bits per heavy atom. The van der Waals surface area contributed by atoms with E-state index in [1.807, 2.05) is 6.07 Å². The van der Waals surface area contributed by atoms with Crippen molar-refractivity contribution in [3.63, 3.8) is 0 Å². The molecule has 0 saturated carbocycles. The van der Waals surface area contributed by atoms with Crippen molar-refractivity contribution in [2.45, 2.75) is 32.9 Å². The van der Waals surface area contributed by atoms with Crippen LogP contribution in [-0.2, 0) is 11.3 Å². The first-order valence-corrected chi connectivity index (χ1v) is 8.14. The van der Waals surface area contributed by atoms with Gasteiger partial charge in [-0.15, -0.1) is 0 Å². The van der Waals surface area contributed by atoms with E-state index >= 15 is 0 Å². The number of carbonyl (C=O) groups is 2. The quantitative estimate of drug-likeness (QED) is 0.856. The van der Waals surface area contributed by atoms with Gasteiger partial charge in [0, 0.05) is 24.5 Å². The molecule has 2 rings (SSSR count).